The Morgan fingerprint density at radius 2 is 1.79 bits per heavy atom. The summed E-state index contributed by atoms with van der Waals surface area (Å²) >= 11 is 1.21. The molecule has 0 saturated carbocycles. The Labute approximate surface area is 164 Å². The number of rotatable bonds is 6. The van der Waals surface area contributed by atoms with Crippen LogP contribution in [0.2, 0.25) is 0 Å². The lowest BCUT2D eigenvalue weighted by molar-refractivity contribution is -0.118. The summed E-state index contributed by atoms with van der Waals surface area (Å²) in [4.78, 5) is 16.8. The summed E-state index contributed by atoms with van der Waals surface area (Å²) in [6.45, 7) is 2.46. The molecule has 148 valence electrons. The van der Waals surface area contributed by atoms with Crippen LogP contribution in [0.25, 0.3) is 10.2 Å². The number of sulfone groups is 1. The van der Waals surface area contributed by atoms with Gasteiger partial charge in [0.15, 0.2) is 14.6 Å². The van der Waals surface area contributed by atoms with Gasteiger partial charge in [-0.25, -0.2) is 17.2 Å². The van der Waals surface area contributed by atoms with Crippen molar-refractivity contribution in [1.29, 1.82) is 0 Å². The van der Waals surface area contributed by atoms with E-state index in [0.29, 0.717) is 16.0 Å². The molecule has 0 aliphatic rings. The molecule has 0 radical (unpaired) electrons. The van der Waals surface area contributed by atoms with Crippen LogP contribution in [-0.2, 0) is 21.2 Å². The molecule has 1 heterocycles. The Hall–Kier alpha value is -2.39. The van der Waals surface area contributed by atoms with Crippen molar-refractivity contribution in [2.45, 2.75) is 31.2 Å². The summed E-state index contributed by atoms with van der Waals surface area (Å²) in [5.74, 6) is -1.55. The molecule has 0 spiro atoms. The lowest BCUT2D eigenvalue weighted by atomic mass is 10.3. The number of carbonyl (C=O) groups is 1. The number of hydrogen-bond acceptors (Lipinski definition) is 4. The standard InChI is InChI=1S/C19H18F2N2O3S2/c1-2-23-16-10-7-14(21)12-17(16)27-19(23)22-18(24)4-3-11-28(25,26)15-8-5-13(20)6-9-15/h5-10,12H,2-4,11H2,1H3. The summed E-state index contributed by atoms with van der Waals surface area (Å²) in [6, 6.07) is 8.97. The van der Waals surface area contributed by atoms with Gasteiger partial charge in [-0.2, -0.15) is 4.99 Å². The van der Waals surface area contributed by atoms with Crippen molar-refractivity contribution < 1.29 is 22.0 Å². The SMILES string of the molecule is CCn1c(=NC(=O)CCCS(=O)(=O)c2ccc(F)cc2)sc2cc(F)ccc21. The molecule has 0 saturated heterocycles. The fraction of sp³-hybridized carbons (Fsp3) is 0.263. The van der Waals surface area contributed by atoms with E-state index >= 15 is 0 Å². The van der Waals surface area contributed by atoms with E-state index in [9.17, 15) is 22.0 Å². The summed E-state index contributed by atoms with van der Waals surface area (Å²) < 4.78 is 53.3. The van der Waals surface area contributed by atoms with E-state index < -0.39 is 21.6 Å². The number of benzene rings is 2. The maximum Gasteiger partial charge on any atom is 0.248 e. The third-order valence-electron chi connectivity index (χ3n) is 4.16. The Morgan fingerprint density at radius 3 is 2.46 bits per heavy atom. The molecule has 3 rings (SSSR count). The number of thiazole rings is 1. The average Bonchev–Trinajstić information content (AvgIpc) is 2.97. The molecule has 5 nitrogen and oxygen atoms in total. The molecule has 2 aromatic carbocycles. The zero-order valence-corrected chi connectivity index (χ0v) is 16.7. The van der Waals surface area contributed by atoms with Crippen LogP contribution >= 0.6 is 11.3 Å². The molecule has 1 aromatic heterocycles. The van der Waals surface area contributed by atoms with Crippen LogP contribution < -0.4 is 4.80 Å². The van der Waals surface area contributed by atoms with E-state index in [1.807, 2.05) is 11.5 Å². The maximum absolute atomic E-state index is 13.4. The fourth-order valence-corrected chi connectivity index (χ4v) is 5.22. The van der Waals surface area contributed by atoms with Gasteiger partial charge in [0.25, 0.3) is 0 Å². The van der Waals surface area contributed by atoms with Crippen molar-refractivity contribution in [1.82, 2.24) is 4.57 Å². The number of nitrogens with zero attached hydrogens (tertiary/aromatic N) is 2. The Balaban J connectivity index is 1.72. The molecular weight excluding hydrogens is 406 g/mol. The molecular formula is C19H18F2N2O3S2. The number of hydrogen-bond donors (Lipinski definition) is 0. The van der Waals surface area contributed by atoms with Crippen molar-refractivity contribution in [3.8, 4) is 0 Å². The van der Waals surface area contributed by atoms with Crippen molar-refractivity contribution in [2.75, 3.05) is 5.75 Å². The summed E-state index contributed by atoms with van der Waals surface area (Å²) in [6.07, 6.45) is 0.0699. The van der Waals surface area contributed by atoms with Gasteiger partial charge in [0, 0.05) is 13.0 Å². The topological polar surface area (TPSA) is 68.5 Å². The number of carbonyl (C=O) groups excluding carboxylic acids is 1. The first-order chi connectivity index (χ1) is 13.3. The predicted molar refractivity (Wildman–Crippen MR) is 104 cm³/mol. The lowest BCUT2D eigenvalue weighted by Crippen LogP contribution is -2.16. The Kier molecular flexibility index (Phi) is 6.04. The monoisotopic (exact) mass is 424 g/mol. The van der Waals surface area contributed by atoms with Crippen molar-refractivity contribution in [2.24, 2.45) is 4.99 Å². The van der Waals surface area contributed by atoms with Gasteiger partial charge in [0.1, 0.15) is 11.6 Å². The number of halogens is 2. The van der Waals surface area contributed by atoms with Crippen LogP contribution in [0.1, 0.15) is 19.8 Å². The van der Waals surface area contributed by atoms with Crippen LogP contribution in [0.4, 0.5) is 8.78 Å². The highest BCUT2D eigenvalue weighted by atomic mass is 32.2. The molecule has 0 fully saturated rings. The van der Waals surface area contributed by atoms with Gasteiger partial charge in [-0.3, -0.25) is 4.79 Å². The molecule has 0 aliphatic heterocycles. The van der Waals surface area contributed by atoms with E-state index in [1.165, 1.54) is 35.6 Å². The van der Waals surface area contributed by atoms with Gasteiger partial charge in [-0.1, -0.05) is 11.3 Å². The summed E-state index contributed by atoms with van der Waals surface area (Å²) in [5, 5.41) is 0. The minimum atomic E-state index is -3.59. The second-order valence-corrected chi connectivity index (χ2v) is 9.24. The first-order valence-corrected chi connectivity index (χ1v) is 11.1. The van der Waals surface area contributed by atoms with Crippen LogP contribution in [0.3, 0.4) is 0 Å². The van der Waals surface area contributed by atoms with Gasteiger partial charge >= 0.3 is 0 Å². The summed E-state index contributed by atoms with van der Waals surface area (Å²) in [5.41, 5.74) is 0.791. The van der Waals surface area contributed by atoms with Gasteiger partial charge in [-0.15, -0.1) is 0 Å². The maximum atomic E-state index is 13.4. The number of aryl methyl sites for hydroxylation is 1. The second kappa shape index (κ2) is 8.32. The fourth-order valence-electron chi connectivity index (χ4n) is 2.77. The Morgan fingerprint density at radius 1 is 1.11 bits per heavy atom. The lowest BCUT2D eigenvalue weighted by Gasteiger charge is -2.03. The average molecular weight is 424 g/mol. The smallest absolute Gasteiger partial charge is 0.248 e. The molecule has 0 N–H and O–H groups in total. The largest absolute Gasteiger partial charge is 0.317 e. The van der Waals surface area contributed by atoms with Crippen molar-refractivity contribution in [3.05, 3.63) is 58.9 Å². The highest BCUT2D eigenvalue weighted by molar-refractivity contribution is 7.91. The van der Waals surface area contributed by atoms with Crippen LogP contribution in [0.5, 0.6) is 0 Å². The molecule has 1 amide bonds. The third kappa shape index (κ3) is 4.53. The number of aromatic nitrogens is 1. The first-order valence-electron chi connectivity index (χ1n) is 8.65. The number of fused-ring (bicyclic) bond motifs is 1. The molecule has 0 unspecified atom stereocenters. The highest BCUT2D eigenvalue weighted by Gasteiger charge is 2.15. The molecule has 9 heteroatoms. The zero-order chi connectivity index (χ0) is 20.3. The predicted octanol–water partition coefficient (Wildman–Crippen LogP) is 3.68. The van der Waals surface area contributed by atoms with Crippen molar-refractivity contribution >= 4 is 37.3 Å². The van der Waals surface area contributed by atoms with Gasteiger partial charge in [-0.05, 0) is 55.8 Å². The van der Waals surface area contributed by atoms with E-state index in [-0.39, 0.29) is 29.3 Å². The normalized spacial score (nSPS) is 12.6. The van der Waals surface area contributed by atoms with E-state index in [2.05, 4.69) is 4.99 Å². The zero-order valence-electron chi connectivity index (χ0n) is 15.1. The molecule has 0 aliphatic carbocycles. The highest BCUT2D eigenvalue weighted by Crippen LogP contribution is 2.19. The quantitative estimate of drug-likeness (QED) is 0.567. The Bertz CT molecular complexity index is 1180. The van der Waals surface area contributed by atoms with Gasteiger partial charge in [0.2, 0.25) is 5.91 Å². The first kappa shape index (κ1) is 20.3. The minimum absolute atomic E-state index is 0.0219. The molecule has 3 aromatic rings. The molecule has 28 heavy (non-hydrogen) atoms. The van der Waals surface area contributed by atoms with Gasteiger partial charge < -0.3 is 4.57 Å². The molecule has 0 atom stereocenters. The molecule has 0 bridgehead atoms. The van der Waals surface area contributed by atoms with Crippen LogP contribution in [0.15, 0.2) is 52.4 Å². The van der Waals surface area contributed by atoms with Crippen molar-refractivity contribution in [3.63, 3.8) is 0 Å². The van der Waals surface area contributed by atoms with Crippen LogP contribution in [-0.4, -0.2) is 24.6 Å². The van der Waals surface area contributed by atoms with E-state index in [0.717, 1.165) is 17.6 Å². The summed E-state index contributed by atoms with van der Waals surface area (Å²) in [7, 11) is -3.59. The van der Waals surface area contributed by atoms with Crippen LogP contribution in [0, 0.1) is 11.6 Å². The van der Waals surface area contributed by atoms with E-state index in [1.54, 1.807) is 6.07 Å². The third-order valence-corrected chi connectivity index (χ3v) is 7.02. The second-order valence-electron chi connectivity index (χ2n) is 6.12. The minimum Gasteiger partial charge on any atom is -0.317 e. The number of amides is 1. The van der Waals surface area contributed by atoms with Gasteiger partial charge in [0.05, 0.1) is 20.9 Å². The van der Waals surface area contributed by atoms with E-state index in [4.69, 9.17) is 0 Å².